The molecule has 2 N–H and O–H groups in total. The largest absolute Gasteiger partial charge is 0.460 e. The summed E-state index contributed by atoms with van der Waals surface area (Å²) in [4.78, 5) is 12.6. The van der Waals surface area contributed by atoms with E-state index in [4.69, 9.17) is 39.2 Å². The highest BCUT2D eigenvalue weighted by Gasteiger charge is 2.39. The zero-order valence-electron chi connectivity index (χ0n) is 14.1. The normalized spacial score (nSPS) is 20.7. The molecular weight excluding hydrogens is 401 g/mol. The number of benzene rings is 2. The van der Waals surface area contributed by atoms with Crippen molar-refractivity contribution in [1.29, 1.82) is 0 Å². The number of ketones is 1. The molecule has 0 fully saturated rings. The average Bonchev–Trinajstić information content (AvgIpc) is 2.81. The Labute approximate surface area is 161 Å². The molecule has 9 heteroatoms. The van der Waals surface area contributed by atoms with E-state index >= 15 is 0 Å². The lowest BCUT2D eigenvalue weighted by Gasteiger charge is -2.10. The number of nitrogens with two attached hydrogens (primary N) is 1. The third kappa shape index (κ3) is 3.95. The van der Waals surface area contributed by atoms with Gasteiger partial charge in [-0.15, -0.1) is 0 Å². The van der Waals surface area contributed by atoms with E-state index in [1.54, 1.807) is 30.3 Å². The van der Waals surface area contributed by atoms with Crippen LogP contribution in [0.1, 0.15) is 18.6 Å². The number of hydrogen-bond acceptors (Lipinski definition) is 6. The molecule has 136 valence electrons. The van der Waals surface area contributed by atoms with Gasteiger partial charge in [0.15, 0.2) is 6.08 Å². The number of hydrogen-bond donors (Lipinski definition) is 1. The van der Waals surface area contributed by atoms with Crippen molar-refractivity contribution in [2.75, 3.05) is 0 Å². The highest BCUT2D eigenvalue weighted by Crippen LogP contribution is 2.35. The third-order valence-electron chi connectivity index (χ3n) is 3.43. The second-order valence-electron chi connectivity index (χ2n) is 5.35. The Hall–Kier alpha value is -2.22. The average molecular weight is 415 g/mol. The van der Waals surface area contributed by atoms with E-state index in [-0.39, 0.29) is 15.6 Å². The molecule has 26 heavy (non-hydrogen) atoms. The lowest BCUT2D eigenvalue weighted by Crippen LogP contribution is -2.16. The van der Waals surface area contributed by atoms with Gasteiger partial charge in [-0.1, -0.05) is 59.6 Å². The maximum Gasteiger partial charge on any atom is 0.313 e. The number of rotatable bonds is 5. The van der Waals surface area contributed by atoms with E-state index in [2.05, 4.69) is 0 Å². The molecule has 6 nitrogen and oxygen atoms in total. The van der Waals surface area contributed by atoms with Crippen LogP contribution in [0.2, 0.25) is 10.0 Å². The zero-order valence-corrected chi connectivity index (χ0v) is 15.4. The molecule has 3 rings (SSSR count). The standard InChI is InChI=1S/C17H13Cl2NO5S/c18-12-7-6-11(8-13(12)19)15-14(21)16(17(20)24-15)25-26(22,23)9-10-4-2-1-3-5-10/h1-8,15H,9,20H2/t15-/m1/s1/i15D. The van der Waals surface area contributed by atoms with E-state index in [9.17, 15) is 13.2 Å². The molecule has 1 aliphatic heterocycles. The number of carbonyl (C=O) groups excluding carboxylic acids is 1. The van der Waals surface area contributed by atoms with Gasteiger partial charge >= 0.3 is 10.1 Å². The first-order valence-electron chi connectivity index (χ1n) is 7.77. The van der Waals surface area contributed by atoms with Crippen LogP contribution in [0.4, 0.5) is 0 Å². The third-order valence-corrected chi connectivity index (χ3v) is 5.27. The van der Waals surface area contributed by atoms with Gasteiger partial charge in [-0.05, 0) is 17.7 Å². The minimum atomic E-state index is -4.20. The first-order chi connectivity index (χ1) is 12.6. The molecule has 2 aromatic rings. The Morgan fingerprint density at radius 1 is 1.15 bits per heavy atom. The summed E-state index contributed by atoms with van der Waals surface area (Å²) < 4.78 is 42.9. The van der Waals surface area contributed by atoms with Crippen LogP contribution in [0.3, 0.4) is 0 Å². The van der Waals surface area contributed by atoms with Crippen molar-refractivity contribution in [2.24, 2.45) is 5.73 Å². The van der Waals surface area contributed by atoms with Gasteiger partial charge in [-0.25, -0.2) is 0 Å². The molecule has 0 bridgehead atoms. The second kappa shape index (κ2) is 7.19. The highest BCUT2D eigenvalue weighted by atomic mass is 35.5. The first kappa shape index (κ1) is 17.2. The van der Waals surface area contributed by atoms with Crippen molar-refractivity contribution < 1.29 is 23.5 Å². The van der Waals surface area contributed by atoms with Gasteiger partial charge in [0, 0.05) is 5.56 Å². The molecule has 0 radical (unpaired) electrons. The molecule has 0 saturated carbocycles. The topological polar surface area (TPSA) is 95.7 Å². The van der Waals surface area contributed by atoms with Gasteiger partial charge in [-0.2, -0.15) is 8.42 Å². The summed E-state index contributed by atoms with van der Waals surface area (Å²) in [6.07, 6.45) is -2.32. The van der Waals surface area contributed by atoms with Crippen molar-refractivity contribution in [3.8, 4) is 0 Å². The van der Waals surface area contributed by atoms with Crippen molar-refractivity contribution >= 4 is 39.1 Å². The molecule has 0 aromatic heterocycles. The van der Waals surface area contributed by atoms with Crippen LogP contribution >= 0.6 is 23.2 Å². The van der Waals surface area contributed by atoms with Gasteiger partial charge in [0.25, 0.3) is 0 Å². The fourth-order valence-corrected chi connectivity index (χ4v) is 3.63. The fourth-order valence-electron chi connectivity index (χ4n) is 2.26. The summed E-state index contributed by atoms with van der Waals surface area (Å²) in [7, 11) is -4.20. The summed E-state index contributed by atoms with van der Waals surface area (Å²) in [6.45, 7) is 0. The zero-order chi connectivity index (χ0) is 19.8. The summed E-state index contributed by atoms with van der Waals surface area (Å²) >= 11 is 11.7. The van der Waals surface area contributed by atoms with E-state index in [1.807, 2.05) is 0 Å². The lowest BCUT2D eigenvalue weighted by atomic mass is 10.1. The molecule has 0 unspecified atom stereocenters. The Morgan fingerprint density at radius 3 is 2.50 bits per heavy atom. The summed E-state index contributed by atoms with van der Waals surface area (Å²) in [6, 6.07) is 12.3. The predicted molar refractivity (Wildman–Crippen MR) is 96.7 cm³/mol. The lowest BCUT2D eigenvalue weighted by molar-refractivity contribution is -0.123. The fraction of sp³-hybridized carbons (Fsp3) is 0.118. The molecule has 1 aliphatic rings. The number of halogens is 2. The second-order valence-corrected chi connectivity index (χ2v) is 7.74. The molecule has 1 heterocycles. The summed E-state index contributed by atoms with van der Waals surface area (Å²) in [5.41, 5.74) is 6.11. The Kier molecular flexibility index (Phi) is 4.76. The molecule has 2 aromatic carbocycles. The Balaban J connectivity index is 1.86. The van der Waals surface area contributed by atoms with Gasteiger partial charge in [0.1, 0.15) is 5.75 Å². The van der Waals surface area contributed by atoms with Gasteiger partial charge < -0.3 is 14.7 Å². The Bertz CT molecular complexity index is 1040. The van der Waals surface area contributed by atoms with Gasteiger partial charge in [-0.3, -0.25) is 4.79 Å². The quantitative estimate of drug-likeness (QED) is 0.753. The number of carbonyl (C=O) groups is 1. The molecule has 0 saturated heterocycles. The summed E-state index contributed by atoms with van der Waals surface area (Å²) in [5, 5.41) is 0.319. The van der Waals surface area contributed by atoms with Crippen LogP contribution in [0.5, 0.6) is 0 Å². The molecule has 1 atom stereocenters. The van der Waals surface area contributed by atoms with Crippen molar-refractivity contribution in [2.45, 2.75) is 11.8 Å². The highest BCUT2D eigenvalue weighted by molar-refractivity contribution is 7.86. The van der Waals surface area contributed by atoms with Crippen LogP contribution in [0.15, 0.2) is 60.2 Å². The smallest absolute Gasteiger partial charge is 0.313 e. The molecule has 0 amide bonds. The van der Waals surface area contributed by atoms with Gasteiger partial charge in [0.2, 0.25) is 17.4 Å². The van der Waals surface area contributed by atoms with Crippen molar-refractivity contribution in [3.05, 3.63) is 81.3 Å². The van der Waals surface area contributed by atoms with E-state index in [0.29, 0.717) is 5.56 Å². The molecule has 0 aliphatic carbocycles. The number of ether oxygens (including phenoxy) is 1. The molecule has 0 spiro atoms. The monoisotopic (exact) mass is 414 g/mol. The SMILES string of the molecule is [2H][C@]1(c2ccc(Cl)c(Cl)c2)OC(N)=C(OS(=O)(=O)Cc2ccccc2)C1=O. The first-order valence-corrected chi connectivity index (χ1v) is 9.61. The predicted octanol–water partition coefficient (Wildman–Crippen LogP) is 3.31. The van der Waals surface area contributed by atoms with Gasteiger partial charge in [0.05, 0.1) is 11.4 Å². The van der Waals surface area contributed by atoms with Crippen LogP contribution in [0, 0.1) is 0 Å². The molecular formula is C17H13Cl2NO5S. The van der Waals surface area contributed by atoms with E-state index in [0.717, 1.165) is 0 Å². The maximum atomic E-state index is 12.6. The van der Waals surface area contributed by atoms with Crippen LogP contribution in [-0.2, 0) is 29.6 Å². The Morgan fingerprint density at radius 2 is 1.85 bits per heavy atom. The number of Topliss-reactive ketones (excluding diaryl/α,β-unsaturated/α-hetero) is 1. The van der Waals surface area contributed by atoms with Crippen molar-refractivity contribution in [1.82, 2.24) is 0 Å². The van der Waals surface area contributed by atoms with Crippen LogP contribution < -0.4 is 5.73 Å². The van der Waals surface area contributed by atoms with Crippen LogP contribution in [-0.4, -0.2) is 14.2 Å². The minimum absolute atomic E-state index is 0.0314. The maximum absolute atomic E-state index is 12.6. The summed E-state index contributed by atoms with van der Waals surface area (Å²) in [5.74, 6) is -2.88. The minimum Gasteiger partial charge on any atom is -0.460 e. The van der Waals surface area contributed by atoms with E-state index < -0.39 is 39.4 Å². The van der Waals surface area contributed by atoms with Crippen molar-refractivity contribution in [3.63, 3.8) is 0 Å². The van der Waals surface area contributed by atoms with Crippen LogP contribution in [0.25, 0.3) is 0 Å². The van der Waals surface area contributed by atoms with E-state index in [1.165, 1.54) is 18.2 Å².